The fourth-order valence-electron chi connectivity index (χ4n) is 3.47. The molecule has 158 valence electrons. The van der Waals surface area contributed by atoms with Crippen molar-refractivity contribution < 1.29 is 4.74 Å². The minimum atomic E-state index is 0.384. The third kappa shape index (κ3) is 7.28. The summed E-state index contributed by atoms with van der Waals surface area (Å²) in [6, 6.07) is 4.51. The first-order chi connectivity index (χ1) is 13.7. The van der Waals surface area contributed by atoms with Crippen LogP contribution in [0.25, 0.3) is 0 Å². The molecule has 2 N–H and O–H groups in total. The zero-order valence-electron chi connectivity index (χ0n) is 18.1. The molecule has 0 aromatic carbocycles. The van der Waals surface area contributed by atoms with E-state index in [1.165, 1.54) is 12.0 Å². The molecule has 0 bridgehead atoms. The normalized spacial score (nSPS) is 16.3. The number of hydrogen-bond donors (Lipinski definition) is 2. The molecule has 1 unspecified atom stereocenters. The Balaban J connectivity index is 1.82. The van der Waals surface area contributed by atoms with Gasteiger partial charge in [-0.2, -0.15) is 0 Å². The van der Waals surface area contributed by atoms with E-state index < -0.39 is 0 Å². The predicted molar refractivity (Wildman–Crippen MR) is 117 cm³/mol. The summed E-state index contributed by atoms with van der Waals surface area (Å²) in [6.45, 7) is 14.1. The number of pyridine rings is 1. The summed E-state index contributed by atoms with van der Waals surface area (Å²) < 4.78 is 5.46. The fraction of sp³-hybridized carbons (Fsp3) is 0.714. The Morgan fingerprint density at radius 3 is 2.75 bits per heavy atom. The largest absolute Gasteiger partial charge is 0.378 e. The fourth-order valence-corrected chi connectivity index (χ4v) is 3.47. The van der Waals surface area contributed by atoms with Crippen molar-refractivity contribution in [1.29, 1.82) is 0 Å². The maximum absolute atomic E-state index is 5.46. The molecule has 7 heteroatoms. The molecule has 28 heavy (non-hydrogen) atoms. The van der Waals surface area contributed by atoms with E-state index in [-0.39, 0.29) is 0 Å². The molecule has 0 spiro atoms. The van der Waals surface area contributed by atoms with E-state index in [0.29, 0.717) is 12.6 Å². The minimum absolute atomic E-state index is 0.384. The maximum Gasteiger partial charge on any atom is 0.191 e. The molecular weight excluding hydrogens is 352 g/mol. The van der Waals surface area contributed by atoms with Gasteiger partial charge >= 0.3 is 0 Å². The van der Waals surface area contributed by atoms with Gasteiger partial charge in [0.05, 0.1) is 13.2 Å². The van der Waals surface area contributed by atoms with Crippen LogP contribution in [-0.2, 0) is 11.3 Å². The van der Waals surface area contributed by atoms with Gasteiger partial charge in [0, 0.05) is 44.5 Å². The van der Waals surface area contributed by atoms with E-state index in [2.05, 4.69) is 57.2 Å². The Morgan fingerprint density at radius 1 is 1.32 bits per heavy atom. The molecule has 1 saturated heterocycles. The minimum Gasteiger partial charge on any atom is -0.378 e. The number of morpholine rings is 1. The van der Waals surface area contributed by atoms with Crippen molar-refractivity contribution in [1.82, 2.24) is 20.5 Å². The summed E-state index contributed by atoms with van der Waals surface area (Å²) in [4.78, 5) is 13.8. The number of guanidine groups is 1. The highest BCUT2D eigenvalue weighted by molar-refractivity contribution is 5.80. The maximum atomic E-state index is 5.46. The van der Waals surface area contributed by atoms with Gasteiger partial charge in [-0.3, -0.25) is 4.99 Å². The van der Waals surface area contributed by atoms with Gasteiger partial charge in [-0.1, -0.05) is 19.9 Å². The van der Waals surface area contributed by atoms with Crippen molar-refractivity contribution in [2.75, 3.05) is 57.9 Å². The van der Waals surface area contributed by atoms with Crippen LogP contribution in [0.5, 0.6) is 0 Å². The molecule has 1 aliphatic heterocycles. The third-order valence-electron chi connectivity index (χ3n) is 5.24. The van der Waals surface area contributed by atoms with E-state index in [1.807, 2.05) is 19.3 Å². The monoisotopic (exact) mass is 390 g/mol. The number of aromatic nitrogens is 1. The predicted octanol–water partition coefficient (Wildman–Crippen LogP) is 2.09. The molecule has 1 fully saturated rings. The van der Waals surface area contributed by atoms with Gasteiger partial charge in [0.2, 0.25) is 0 Å². The number of anilines is 1. The summed E-state index contributed by atoms with van der Waals surface area (Å²) in [6.07, 6.45) is 4.18. The second kappa shape index (κ2) is 12.6. The second-order valence-electron chi connectivity index (χ2n) is 7.23. The van der Waals surface area contributed by atoms with Gasteiger partial charge in [-0.05, 0) is 45.5 Å². The van der Waals surface area contributed by atoms with Gasteiger partial charge < -0.3 is 25.2 Å². The van der Waals surface area contributed by atoms with Gasteiger partial charge in [0.15, 0.2) is 5.96 Å². The molecule has 0 saturated carbocycles. The lowest BCUT2D eigenvalue weighted by atomic mass is 10.2. The van der Waals surface area contributed by atoms with Crippen molar-refractivity contribution in [3.63, 3.8) is 0 Å². The quantitative estimate of drug-likeness (QED) is 0.471. The Bertz CT molecular complexity index is 584. The Hall–Kier alpha value is -1.86. The summed E-state index contributed by atoms with van der Waals surface area (Å²) in [7, 11) is 1.82. The highest BCUT2D eigenvalue weighted by Gasteiger charge is 2.16. The average Bonchev–Trinajstić information content (AvgIpc) is 2.75. The number of nitrogens with one attached hydrogen (secondary N) is 2. The van der Waals surface area contributed by atoms with Crippen molar-refractivity contribution >= 4 is 11.8 Å². The standard InChI is InChI=1S/C21H38N6O/c1-5-26(6-2)12-8-9-18(3)25-21(22-4)24-17-19-10-7-11-23-20(19)27-13-15-28-16-14-27/h7,10-11,18H,5-6,8-9,12-17H2,1-4H3,(H2,22,24,25). The zero-order valence-corrected chi connectivity index (χ0v) is 18.1. The first kappa shape index (κ1) is 22.4. The summed E-state index contributed by atoms with van der Waals surface area (Å²) >= 11 is 0. The van der Waals surface area contributed by atoms with Crippen LogP contribution in [0.1, 0.15) is 39.2 Å². The molecule has 2 rings (SSSR count). The molecular formula is C21H38N6O. The number of nitrogens with zero attached hydrogens (tertiary/aromatic N) is 4. The van der Waals surface area contributed by atoms with Crippen LogP contribution < -0.4 is 15.5 Å². The zero-order chi connectivity index (χ0) is 20.2. The topological polar surface area (TPSA) is 65.0 Å². The summed E-state index contributed by atoms with van der Waals surface area (Å²) in [5.41, 5.74) is 1.18. The lowest BCUT2D eigenvalue weighted by Crippen LogP contribution is -2.42. The first-order valence-corrected chi connectivity index (χ1v) is 10.6. The Kier molecular flexibility index (Phi) is 10.1. The summed E-state index contributed by atoms with van der Waals surface area (Å²) in [5, 5.41) is 6.96. The van der Waals surface area contributed by atoms with Crippen LogP contribution in [0.15, 0.2) is 23.3 Å². The van der Waals surface area contributed by atoms with Crippen LogP contribution in [-0.4, -0.2) is 74.9 Å². The lowest BCUT2D eigenvalue weighted by Gasteiger charge is -2.29. The van der Waals surface area contributed by atoms with E-state index in [0.717, 1.165) is 64.1 Å². The van der Waals surface area contributed by atoms with Crippen LogP contribution in [0.2, 0.25) is 0 Å². The number of hydrogen-bond acceptors (Lipinski definition) is 5. The molecule has 0 aliphatic carbocycles. The molecule has 0 amide bonds. The molecule has 1 aromatic rings. The van der Waals surface area contributed by atoms with Gasteiger partial charge in [0.25, 0.3) is 0 Å². The smallest absolute Gasteiger partial charge is 0.191 e. The van der Waals surface area contributed by atoms with Gasteiger partial charge in [-0.25, -0.2) is 4.98 Å². The molecule has 0 radical (unpaired) electrons. The molecule has 7 nitrogen and oxygen atoms in total. The molecule has 1 aromatic heterocycles. The Morgan fingerprint density at radius 2 is 2.07 bits per heavy atom. The SMILES string of the molecule is CCN(CC)CCCC(C)NC(=NC)NCc1cccnc1N1CCOCC1. The average molecular weight is 391 g/mol. The van der Waals surface area contributed by atoms with Gasteiger partial charge in [0.1, 0.15) is 5.82 Å². The van der Waals surface area contributed by atoms with E-state index in [9.17, 15) is 0 Å². The molecule has 1 aliphatic rings. The molecule has 1 atom stereocenters. The van der Waals surface area contributed by atoms with Crippen molar-refractivity contribution in [2.45, 2.75) is 46.2 Å². The summed E-state index contributed by atoms with van der Waals surface area (Å²) in [5.74, 6) is 1.88. The lowest BCUT2D eigenvalue weighted by molar-refractivity contribution is 0.122. The number of rotatable bonds is 10. The van der Waals surface area contributed by atoms with Crippen molar-refractivity contribution in [2.24, 2.45) is 4.99 Å². The highest BCUT2D eigenvalue weighted by atomic mass is 16.5. The van der Waals surface area contributed by atoms with E-state index in [4.69, 9.17) is 4.74 Å². The van der Waals surface area contributed by atoms with Crippen LogP contribution in [0.3, 0.4) is 0 Å². The van der Waals surface area contributed by atoms with E-state index >= 15 is 0 Å². The number of aliphatic imine (C=N–C) groups is 1. The number of ether oxygens (including phenoxy) is 1. The van der Waals surface area contributed by atoms with Crippen molar-refractivity contribution in [3.8, 4) is 0 Å². The van der Waals surface area contributed by atoms with Crippen LogP contribution >= 0.6 is 0 Å². The van der Waals surface area contributed by atoms with Crippen molar-refractivity contribution in [3.05, 3.63) is 23.9 Å². The van der Waals surface area contributed by atoms with Gasteiger partial charge in [-0.15, -0.1) is 0 Å². The Labute approximate surface area is 170 Å². The third-order valence-corrected chi connectivity index (χ3v) is 5.24. The highest BCUT2D eigenvalue weighted by Crippen LogP contribution is 2.18. The second-order valence-corrected chi connectivity index (χ2v) is 7.23. The molecule has 2 heterocycles. The van der Waals surface area contributed by atoms with E-state index in [1.54, 1.807) is 0 Å². The first-order valence-electron chi connectivity index (χ1n) is 10.6. The van der Waals surface area contributed by atoms with Crippen LogP contribution in [0.4, 0.5) is 5.82 Å². The van der Waals surface area contributed by atoms with Crippen LogP contribution in [0, 0.1) is 0 Å².